The zero-order valence-electron chi connectivity index (χ0n) is 23.3. The van der Waals surface area contributed by atoms with Gasteiger partial charge in [0.1, 0.15) is 5.60 Å². The van der Waals surface area contributed by atoms with Gasteiger partial charge >= 0.3 is 22.5 Å². The van der Waals surface area contributed by atoms with Gasteiger partial charge in [-0.3, -0.25) is 14.4 Å². The zero-order chi connectivity index (χ0) is 29.3. The van der Waals surface area contributed by atoms with Crippen molar-refractivity contribution in [1.29, 1.82) is 0 Å². The van der Waals surface area contributed by atoms with Crippen molar-refractivity contribution >= 4 is 51.7 Å². The first kappa shape index (κ1) is 32.6. The molecule has 0 radical (unpaired) electrons. The molecule has 1 aliphatic carbocycles. The number of halogens is 2. The Hall–Kier alpha value is -2.65. The van der Waals surface area contributed by atoms with Crippen molar-refractivity contribution in [2.75, 3.05) is 26.7 Å². The molecule has 0 bridgehead atoms. The molecule has 0 unspecified atom stereocenters. The summed E-state index contributed by atoms with van der Waals surface area (Å²) in [6.07, 6.45) is 4.81. The van der Waals surface area contributed by atoms with Crippen LogP contribution in [-0.2, 0) is 30.3 Å². The molecule has 39 heavy (non-hydrogen) atoms. The van der Waals surface area contributed by atoms with Gasteiger partial charge in [0.2, 0.25) is 5.91 Å². The van der Waals surface area contributed by atoms with Gasteiger partial charge in [-0.1, -0.05) is 6.07 Å². The van der Waals surface area contributed by atoms with E-state index in [2.05, 4.69) is 23.2 Å². The van der Waals surface area contributed by atoms with E-state index in [1.807, 2.05) is 49.6 Å². The molecule has 1 aliphatic heterocycles. The number of hydrogen-bond acceptors (Lipinski definition) is 7. The number of likely N-dealkylation sites (tertiary alicyclic amines) is 1. The normalized spacial score (nSPS) is 15.5. The third-order valence-corrected chi connectivity index (χ3v) is 7.00. The lowest BCUT2D eigenvalue weighted by molar-refractivity contribution is -0.132. The summed E-state index contributed by atoms with van der Waals surface area (Å²) in [5, 5.41) is -2.28. The van der Waals surface area contributed by atoms with Crippen LogP contribution in [0.1, 0.15) is 74.4 Å². The molecule has 1 aromatic rings. The van der Waals surface area contributed by atoms with Gasteiger partial charge in [-0.05, 0) is 112 Å². The second-order valence-electron chi connectivity index (χ2n) is 10.9. The third-order valence-electron chi connectivity index (χ3n) is 6.56. The topological polar surface area (TPSA) is 110 Å². The number of aryl methyl sites for hydroxylation is 2. The van der Waals surface area contributed by atoms with Gasteiger partial charge in [0.25, 0.3) is 0 Å². The summed E-state index contributed by atoms with van der Waals surface area (Å²) in [5.74, 6) is 0.210. The molecule has 0 spiro atoms. The number of rotatable bonds is 8. The molecule has 1 aromatic carbocycles. The van der Waals surface area contributed by atoms with Crippen molar-refractivity contribution in [3.05, 3.63) is 34.9 Å². The minimum atomic E-state index is -1.14. The molecular weight excluding hydrogens is 547 g/mol. The lowest BCUT2D eigenvalue weighted by atomic mass is 9.95. The summed E-state index contributed by atoms with van der Waals surface area (Å²) in [5.41, 5.74) is 2.10. The van der Waals surface area contributed by atoms with Crippen LogP contribution in [0.4, 0.5) is 4.79 Å². The third kappa shape index (κ3) is 11.2. The van der Waals surface area contributed by atoms with Crippen molar-refractivity contribution in [2.24, 2.45) is 5.92 Å². The Labute approximate surface area is 240 Å². The number of nitrogens with zero attached hydrogens (tertiary/aromatic N) is 2. The van der Waals surface area contributed by atoms with E-state index in [9.17, 15) is 24.0 Å². The summed E-state index contributed by atoms with van der Waals surface area (Å²) in [4.78, 5) is 59.8. The molecule has 2 fully saturated rings. The van der Waals surface area contributed by atoms with E-state index in [-0.39, 0.29) is 18.0 Å². The van der Waals surface area contributed by atoms with Crippen LogP contribution in [0.3, 0.4) is 0 Å². The quantitative estimate of drug-likeness (QED) is 0.243. The number of benzene rings is 1. The standard InChI is InChI=1S/C26H38N2O5.C2Cl2O2/c1-18-16-21(24(30)32-5)7-6-20(18)8-11-23(29)27-14-12-19(13-15-27)17-28(22-9-10-22)25(31)33-26(2,3)4;3-1(5)2(4)6/h6-7,16,19,22H,8-15,17H2,1-5H3;. The number of ether oxygens (including phenoxy) is 2. The van der Waals surface area contributed by atoms with Gasteiger partial charge in [0.15, 0.2) is 0 Å². The lowest BCUT2D eigenvalue weighted by Gasteiger charge is -2.35. The van der Waals surface area contributed by atoms with E-state index in [0.29, 0.717) is 36.9 Å². The van der Waals surface area contributed by atoms with E-state index in [1.165, 1.54) is 7.11 Å². The van der Waals surface area contributed by atoms with Crippen molar-refractivity contribution in [1.82, 2.24) is 9.80 Å². The molecule has 1 saturated heterocycles. The van der Waals surface area contributed by atoms with Crippen molar-refractivity contribution < 1.29 is 33.4 Å². The summed E-state index contributed by atoms with van der Waals surface area (Å²) >= 11 is 8.98. The molecule has 3 rings (SSSR count). The Morgan fingerprint density at radius 2 is 1.59 bits per heavy atom. The fourth-order valence-corrected chi connectivity index (χ4v) is 4.34. The first-order chi connectivity index (χ1) is 18.2. The van der Waals surface area contributed by atoms with Gasteiger partial charge in [0, 0.05) is 32.1 Å². The number of esters is 1. The van der Waals surface area contributed by atoms with Gasteiger partial charge < -0.3 is 19.3 Å². The van der Waals surface area contributed by atoms with E-state index >= 15 is 0 Å². The van der Waals surface area contributed by atoms with Gasteiger partial charge in [-0.15, -0.1) is 0 Å². The highest BCUT2D eigenvalue weighted by Gasteiger charge is 2.37. The molecule has 2 aliphatic rings. The number of carbonyl (C=O) groups excluding carboxylic acids is 5. The first-order valence-corrected chi connectivity index (χ1v) is 13.8. The summed E-state index contributed by atoms with van der Waals surface area (Å²) < 4.78 is 10.4. The van der Waals surface area contributed by atoms with Crippen LogP contribution < -0.4 is 0 Å². The van der Waals surface area contributed by atoms with E-state index in [1.54, 1.807) is 6.07 Å². The molecule has 1 saturated carbocycles. The molecule has 216 valence electrons. The minimum Gasteiger partial charge on any atom is -0.465 e. The second kappa shape index (κ2) is 14.7. The SMILES string of the molecule is COC(=O)c1ccc(CCC(=O)N2CCC(CN(C(=O)OC(C)(C)C)C3CC3)CC2)c(C)c1.O=C(Cl)C(=O)Cl. The number of hydrogen-bond donors (Lipinski definition) is 0. The zero-order valence-corrected chi connectivity index (χ0v) is 24.8. The van der Waals surface area contributed by atoms with Gasteiger partial charge in [-0.25, -0.2) is 9.59 Å². The highest BCUT2D eigenvalue weighted by Crippen LogP contribution is 2.31. The van der Waals surface area contributed by atoms with E-state index in [4.69, 9.17) is 9.47 Å². The molecule has 0 N–H and O–H groups in total. The summed E-state index contributed by atoms with van der Waals surface area (Å²) in [7, 11) is 1.37. The van der Waals surface area contributed by atoms with E-state index < -0.39 is 16.1 Å². The van der Waals surface area contributed by atoms with Gasteiger partial charge in [-0.2, -0.15) is 0 Å². The Morgan fingerprint density at radius 3 is 2.05 bits per heavy atom. The maximum atomic E-state index is 12.8. The minimum absolute atomic E-state index is 0.163. The monoisotopic (exact) mass is 584 g/mol. The van der Waals surface area contributed by atoms with Crippen LogP contribution in [0, 0.1) is 12.8 Å². The molecule has 9 nitrogen and oxygen atoms in total. The maximum Gasteiger partial charge on any atom is 0.410 e. The number of piperidine rings is 1. The molecule has 0 atom stereocenters. The average molecular weight is 586 g/mol. The predicted molar refractivity (Wildman–Crippen MR) is 148 cm³/mol. The summed E-state index contributed by atoms with van der Waals surface area (Å²) in [6, 6.07) is 5.78. The Kier molecular flexibility index (Phi) is 12.2. The van der Waals surface area contributed by atoms with Crippen molar-refractivity contribution in [2.45, 2.75) is 77.9 Å². The second-order valence-corrected chi connectivity index (χ2v) is 11.6. The largest absolute Gasteiger partial charge is 0.465 e. The highest BCUT2D eigenvalue weighted by atomic mass is 35.5. The van der Waals surface area contributed by atoms with Crippen LogP contribution in [0.25, 0.3) is 0 Å². The van der Waals surface area contributed by atoms with Crippen LogP contribution in [0.2, 0.25) is 0 Å². The van der Waals surface area contributed by atoms with Crippen molar-refractivity contribution in [3.63, 3.8) is 0 Å². The first-order valence-electron chi connectivity index (χ1n) is 13.1. The molecular formula is C28H38Cl2N2O7. The maximum absolute atomic E-state index is 12.8. The van der Waals surface area contributed by atoms with Crippen molar-refractivity contribution in [3.8, 4) is 0 Å². The van der Waals surface area contributed by atoms with Crippen LogP contribution in [-0.4, -0.2) is 76.6 Å². The Morgan fingerprint density at radius 1 is 1.00 bits per heavy atom. The van der Waals surface area contributed by atoms with Crippen LogP contribution in [0.5, 0.6) is 0 Å². The number of amides is 2. The van der Waals surface area contributed by atoms with Crippen LogP contribution >= 0.6 is 23.2 Å². The lowest BCUT2D eigenvalue weighted by Crippen LogP contribution is -2.45. The fraction of sp³-hybridized carbons (Fsp3) is 0.607. The molecule has 2 amide bonds. The van der Waals surface area contributed by atoms with Crippen LogP contribution in [0.15, 0.2) is 18.2 Å². The Balaban J connectivity index is 0.000000798. The number of carbonyl (C=O) groups is 5. The summed E-state index contributed by atoms with van der Waals surface area (Å²) in [6.45, 7) is 9.83. The Bertz CT molecular complexity index is 1050. The highest BCUT2D eigenvalue weighted by molar-refractivity contribution is 6.97. The molecule has 1 heterocycles. The average Bonchev–Trinajstić information content (AvgIpc) is 3.70. The fourth-order valence-electron chi connectivity index (χ4n) is 4.34. The predicted octanol–water partition coefficient (Wildman–Crippen LogP) is 4.87. The molecule has 0 aromatic heterocycles. The smallest absolute Gasteiger partial charge is 0.410 e. The number of methoxy groups -OCH3 is 1. The van der Waals surface area contributed by atoms with E-state index in [0.717, 1.165) is 49.9 Å². The molecule has 11 heteroatoms. The van der Waals surface area contributed by atoms with Gasteiger partial charge in [0.05, 0.1) is 12.7 Å².